The van der Waals surface area contributed by atoms with Crippen LogP contribution in [0.15, 0.2) is 18.3 Å². The van der Waals surface area contributed by atoms with Crippen molar-refractivity contribution in [1.29, 1.82) is 5.26 Å². The molecule has 0 aliphatic carbocycles. The van der Waals surface area contributed by atoms with Crippen molar-refractivity contribution in [3.05, 3.63) is 29.6 Å². The van der Waals surface area contributed by atoms with Gasteiger partial charge in [-0.25, -0.2) is 4.98 Å². The zero-order valence-electron chi connectivity index (χ0n) is 10.1. The van der Waals surface area contributed by atoms with Gasteiger partial charge < -0.3 is 5.73 Å². The molecule has 5 heteroatoms. The summed E-state index contributed by atoms with van der Waals surface area (Å²) in [5.74, 6) is -0.353. The van der Waals surface area contributed by atoms with Gasteiger partial charge in [-0.15, -0.1) is 0 Å². The molecule has 2 N–H and O–H groups in total. The van der Waals surface area contributed by atoms with Crippen LogP contribution in [0.4, 0.5) is 0 Å². The maximum absolute atomic E-state index is 10.9. The van der Waals surface area contributed by atoms with Crippen LogP contribution in [0, 0.1) is 11.3 Å². The Bertz CT molecular complexity index is 436. The number of rotatable bonds is 5. The molecule has 5 nitrogen and oxygen atoms in total. The molecule has 0 aliphatic heterocycles. The summed E-state index contributed by atoms with van der Waals surface area (Å²) in [7, 11) is 0. The Kier molecular flexibility index (Phi) is 4.61. The molecule has 0 atom stereocenters. The van der Waals surface area contributed by atoms with E-state index >= 15 is 0 Å². The van der Waals surface area contributed by atoms with Crippen LogP contribution >= 0.6 is 0 Å². The molecule has 90 valence electrons. The summed E-state index contributed by atoms with van der Waals surface area (Å²) in [5.41, 5.74) is 6.53. The highest BCUT2D eigenvalue weighted by Crippen LogP contribution is 2.08. The maximum atomic E-state index is 10.9. The summed E-state index contributed by atoms with van der Waals surface area (Å²) >= 11 is 0. The van der Waals surface area contributed by atoms with E-state index in [0.29, 0.717) is 12.2 Å². The van der Waals surface area contributed by atoms with Gasteiger partial charge in [0.1, 0.15) is 11.8 Å². The van der Waals surface area contributed by atoms with Crippen molar-refractivity contribution in [1.82, 2.24) is 9.88 Å². The molecule has 1 heterocycles. The number of nitriles is 1. The van der Waals surface area contributed by atoms with Gasteiger partial charge >= 0.3 is 0 Å². The molecule has 0 saturated heterocycles. The lowest BCUT2D eigenvalue weighted by Crippen LogP contribution is -2.37. The average Bonchev–Trinajstić information content (AvgIpc) is 2.27. The van der Waals surface area contributed by atoms with Crippen molar-refractivity contribution in [3.8, 4) is 6.07 Å². The minimum Gasteiger partial charge on any atom is -0.369 e. The summed E-state index contributed by atoms with van der Waals surface area (Å²) in [6, 6.07) is 5.75. The maximum Gasteiger partial charge on any atom is 0.231 e. The van der Waals surface area contributed by atoms with E-state index in [1.165, 1.54) is 0 Å². The molecular weight excluding hydrogens is 216 g/mol. The smallest absolute Gasteiger partial charge is 0.231 e. The monoisotopic (exact) mass is 232 g/mol. The van der Waals surface area contributed by atoms with E-state index in [0.717, 1.165) is 5.56 Å². The van der Waals surface area contributed by atoms with Gasteiger partial charge in [-0.05, 0) is 31.5 Å². The van der Waals surface area contributed by atoms with E-state index in [1.807, 2.05) is 30.9 Å². The number of primary amides is 1. The van der Waals surface area contributed by atoms with Crippen molar-refractivity contribution < 1.29 is 4.79 Å². The summed E-state index contributed by atoms with van der Waals surface area (Å²) in [4.78, 5) is 16.8. The molecule has 1 aromatic heterocycles. The molecule has 17 heavy (non-hydrogen) atoms. The first-order chi connectivity index (χ1) is 8.02. The van der Waals surface area contributed by atoms with Crippen LogP contribution in [0.25, 0.3) is 0 Å². The molecule has 1 aromatic rings. The largest absolute Gasteiger partial charge is 0.369 e. The summed E-state index contributed by atoms with van der Waals surface area (Å²) in [5, 5.41) is 8.75. The summed E-state index contributed by atoms with van der Waals surface area (Å²) < 4.78 is 0. The fraction of sp³-hybridized carbons (Fsp3) is 0.417. The van der Waals surface area contributed by atoms with Crippen molar-refractivity contribution in [3.63, 3.8) is 0 Å². The number of nitrogens with two attached hydrogens (primary N) is 1. The minimum absolute atomic E-state index is 0.209. The van der Waals surface area contributed by atoms with E-state index in [9.17, 15) is 4.79 Å². The fourth-order valence-electron chi connectivity index (χ4n) is 1.49. The van der Waals surface area contributed by atoms with Gasteiger partial charge in [0.25, 0.3) is 0 Å². The molecule has 0 fully saturated rings. The molecule has 1 amide bonds. The summed E-state index contributed by atoms with van der Waals surface area (Å²) in [6.45, 7) is 4.78. The van der Waals surface area contributed by atoms with Gasteiger partial charge in [0, 0.05) is 18.8 Å². The van der Waals surface area contributed by atoms with Gasteiger partial charge in [-0.2, -0.15) is 5.26 Å². The standard InChI is InChI=1S/C12H16N4O/c1-9(2)16(8-12(14)17)7-10-3-4-15-11(5-10)6-13/h3-5,9H,7-8H2,1-2H3,(H2,14,17). The first-order valence-electron chi connectivity index (χ1n) is 5.40. The first-order valence-corrected chi connectivity index (χ1v) is 5.40. The number of carbonyl (C=O) groups excluding carboxylic acids is 1. The third-order valence-corrected chi connectivity index (χ3v) is 2.41. The van der Waals surface area contributed by atoms with E-state index < -0.39 is 0 Å². The third-order valence-electron chi connectivity index (χ3n) is 2.41. The molecule has 0 radical (unpaired) electrons. The zero-order valence-corrected chi connectivity index (χ0v) is 10.1. The Hall–Kier alpha value is -1.93. The summed E-state index contributed by atoms with van der Waals surface area (Å²) in [6.07, 6.45) is 1.59. The molecular formula is C12H16N4O. The van der Waals surface area contributed by atoms with Crippen LogP contribution in [-0.4, -0.2) is 28.4 Å². The van der Waals surface area contributed by atoms with Gasteiger partial charge in [0.2, 0.25) is 5.91 Å². The first kappa shape index (κ1) is 13.1. The van der Waals surface area contributed by atoms with Gasteiger partial charge in [-0.3, -0.25) is 9.69 Å². The highest BCUT2D eigenvalue weighted by molar-refractivity contribution is 5.75. The van der Waals surface area contributed by atoms with Crippen LogP contribution in [0.3, 0.4) is 0 Å². The molecule has 0 unspecified atom stereocenters. The highest BCUT2D eigenvalue weighted by atomic mass is 16.1. The molecule has 0 spiro atoms. The lowest BCUT2D eigenvalue weighted by atomic mass is 10.2. The minimum atomic E-state index is -0.353. The van der Waals surface area contributed by atoms with Crippen LogP contribution < -0.4 is 5.73 Å². The topological polar surface area (TPSA) is 83.0 Å². The fourth-order valence-corrected chi connectivity index (χ4v) is 1.49. The van der Waals surface area contributed by atoms with Crippen LogP contribution in [0.1, 0.15) is 25.1 Å². The van der Waals surface area contributed by atoms with E-state index in [4.69, 9.17) is 11.0 Å². The highest BCUT2D eigenvalue weighted by Gasteiger charge is 2.12. The molecule has 0 aliphatic rings. The Morgan fingerprint density at radius 2 is 2.35 bits per heavy atom. The number of nitrogens with zero attached hydrogens (tertiary/aromatic N) is 3. The predicted molar refractivity (Wildman–Crippen MR) is 63.7 cm³/mol. The lowest BCUT2D eigenvalue weighted by molar-refractivity contribution is -0.119. The molecule has 0 saturated carbocycles. The van der Waals surface area contributed by atoms with E-state index in [1.54, 1.807) is 12.3 Å². The number of amides is 1. The van der Waals surface area contributed by atoms with Crippen molar-refractivity contribution >= 4 is 5.91 Å². The van der Waals surface area contributed by atoms with Crippen LogP contribution in [0.5, 0.6) is 0 Å². The van der Waals surface area contributed by atoms with E-state index in [-0.39, 0.29) is 18.5 Å². The molecule has 0 aromatic carbocycles. The third kappa shape index (κ3) is 4.21. The predicted octanol–water partition coefficient (Wildman–Crippen LogP) is 0.649. The van der Waals surface area contributed by atoms with Crippen LogP contribution in [-0.2, 0) is 11.3 Å². The normalized spacial score (nSPS) is 10.5. The SMILES string of the molecule is CC(C)N(CC(N)=O)Cc1ccnc(C#N)c1. The van der Waals surface area contributed by atoms with Crippen LogP contribution in [0.2, 0.25) is 0 Å². The Morgan fingerprint density at radius 3 is 2.88 bits per heavy atom. The number of hydrogen-bond acceptors (Lipinski definition) is 4. The van der Waals surface area contributed by atoms with Crippen molar-refractivity contribution in [2.24, 2.45) is 5.73 Å². The van der Waals surface area contributed by atoms with E-state index in [2.05, 4.69) is 4.98 Å². The van der Waals surface area contributed by atoms with Gasteiger partial charge in [0.05, 0.1) is 6.54 Å². The zero-order chi connectivity index (χ0) is 12.8. The second-order valence-corrected chi connectivity index (χ2v) is 4.13. The Labute approximate surface area is 101 Å². The molecule has 0 bridgehead atoms. The number of hydrogen-bond donors (Lipinski definition) is 1. The van der Waals surface area contributed by atoms with Gasteiger partial charge in [-0.1, -0.05) is 0 Å². The Morgan fingerprint density at radius 1 is 1.65 bits per heavy atom. The number of pyridine rings is 1. The second-order valence-electron chi connectivity index (χ2n) is 4.13. The molecule has 1 rings (SSSR count). The second kappa shape index (κ2) is 5.97. The Balaban J connectivity index is 2.79. The quantitative estimate of drug-likeness (QED) is 0.808. The van der Waals surface area contributed by atoms with Gasteiger partial charge in [0.15, 0.2) is 0 Å². The average molecular weight is 232 g/mol. The lowest BCUT2D eigenvalue weighted by Gasteiger charge is -2.24. The van der Waals surface area contributed by atoms with Crippen molar-refractivity contribution in [2.75, 3.05) is 6.54 Å². The number of aromatic nitrogens is 1. The number of carbonyl (C=O) groups is 1. The van der Waals surface area contributed by atoms with Crippen molar-refractivity contribution in [2.45, 2.75) is 26.4 Å².